The Morgan fingerprint density at radius 1 is 0.967 bits per heavy atom. The molecule has 1 atom stereocenters. The summed E-state index contributed by atoms with van der Waals surface area (Å²) in [5.41, 5.74) is 4.21. The van der Waals surface area contributed by atoms with E-state index in [0.29, 0.717) is 30.4 Å². The predicted octanol–water partition coefficient (Wildman–Crippen LogP) is 4.52. The van der Waals surface area contributed by atoms with Crippen molar-refractivity contribution < 1.29 is 9.53 Å². The standard InChI is InChI=1S/C25H24N2O2S/c28-24(21-12-5-2-6-13-21)26-25(30)27(17-19-9-3-1-4-10-19)18-23-22-14-8-7-11-20(22)15-16-29-23/h1-14,23H,15-18H2,(H,26,28,30). The number of hydrogen-bond acceptors (Lipinski definition) is 3. The molecule has 0 aliphatic carbocycles. The van der Waals surface area contributed by atoms with Crippen LogP contribution in [0.3, 0.4) is 0 Å². The second kappa shape index (κ2) is 9.65. The fraction of sp³-hybridized carbons (Fsp3) is 0.200. The van der Waals surface area contributed by atoms with Crippen molar-refractivity contribution >= 4 is 23.2 Å². The van der Waals surface area contributed by atoms with Crippen LogP contribution < -0.4 is 5.32 Å². The van der Waals surface area contributed by atoms with Crippen molar-refractivity contribution in [3.63, 3.8) is 0 Å². The number of fused-ring (bicyclic) bond motifs is 1. The van der Waals surface area contributed by atoms with Crippen LogP contribution in [0, 0.1) is 0 Å². The highest BCUT2D eigenvalue weighted by atomic mass is 32.1. The second-order valence-corrected chi connectivity index (χ2v) is 7.69. The van der Waals surface area contributed by atoms with Gasteiger partial charge in [-0.3, -0.25) is 10.1 Å². The lowest BCUT2D eigenvalue weighted by molar-refractivity contribution is 0.0270. The molecule has 0 aromatic heterocycles. The summed E-state index contributed by atoms with van der Waals surface area (Å²) in [6, 6.07) is 27.6. The molecular formula is C25H24N2O2S. The van der Waals surface area contributed by atoms with E-state index in [-0.39, 0.29) is 12.0 Å². The number of thiocarbonyl (C=S) groups is 1. The van der Waals surface area contributed by atoms with Crippen molar-refractivity contribution in [3.05, 3.63) is 107 Å². The molecule has 1 N–H and O–H groups in total. The zero-order valence-corrected chi connectivity index (χ0v) is 17.5. The van der Waals surface area contributed by atoms with E-state index in [0.717, 1.165) is 12.0 Å². The van der Waals surface area contributed by atoms with Gasteiger partial charge in [0.05, 0.1) is 13.2 Å². The molecule has 0 radical (unpaired) electrons. The molecule has 4 rings (SSSR count). The van der Waals surface area contributed by atoms with Crippen molar-refractivity contribution in [1.82, 2.24) is 10.2 Å². The Balaban J connectivity index is 1.54. The molecule has 1 heterocycles. The summed E-state index contributed by atoms with van der Waals surface area (Å²) in [6.07, 6.45) is 0.825. The first-order valence-corrected chi connectivity index (χ1v) is 10.5. The Morgan fingerprint density at radius 2 is 1.63 bits per heavy atom. The Hall–Kier alpha value is -3.02. The van der Waals surface area contributed by atoms with Gasteiger partial charge in [-0.2, -0.15) is 0 Å². The zero-order valence-electron chi connectivity index (χ0n) is 16.7. The molecule has 0 fully saturated rings. The van der Waals surface area contributed by atoms with E-state index in [1.54, 1.807) is 12.1 Å². The first kappa shape index (κ1) is 20.3. The van der Waals surface area contributed by atoms with Crippen molar-refractivity contribution in [2.75, 3.05) is 13.2 Å². The third kappa shape index (κ3) is 4.93. The second-order valence-electron chi connectivity index (χ2n) is 7.30. The number of amides is 1. The van der Waals surface area contributed by atoms with Crippen LogP contribution in [-0.4, -0.2) is 29.1 Å². The maximum Gasteiger partial charge on any atom is 0.257 e. The molecular weight excluding hydrogens is 392 g/mol. The average molecular weight is 417 g/mol. The minimum absolute atomic E-state index is 0.0924. The van der Waals surface area contributed by atoms with Gasteiger partial charge < -0.3 is 9.64 Å². The molecule has 0 saturated carbocycles. The lowest BCUT2D eigenvalue weighted by Crippen LogP contribution is -2.44. The van der Waals surface area contributed by atoms with Gasteiger partial charge in [0.25, 0.3) is 5.91 Å². The largest absolute Gasteiger partial charge is 0.371 e. The topological polar surface area (TPSA) is 41.6 Å². The zero-order chi connectivity index (χ0) is 20.8. The lowest BCUT2D eigenvalue weighted by Gasteiger charge is -2.33. The Labute approximate surface area is 182 Å². The summed E-state index contributed by atoms with van der Waals surface area (Å²) in [7, 11) is 0. The summed E-state index contributed by atoms with van der Waals surface area (Å²) in [4.78, 5) is 14.7. The van der Waals surface area contributed by atoms with Gasteiger partial charge in [0.15, 0.2) is 5.11 Å². The van der Waals surface area contributed by atoms with Gasteiger partial charge in [0, 0.05) is 12.1 Å². The van der Waals surface area contributed by atoms with Gasteiger partial charge >= 0.3 is 0 Å². The fourth-order valence-corrected chi connectivity index (χ4v) is 3.92. The molecule has 5 heteroatoms. The number of rotatable bonds is 5. The van der Waals surface area contributed by atoms with Crippen molar-refractivity contribution in [3.8, 4) is 0 Å². The molecule has 3 aromatic carbocycles. The summed E-state index contributed by atoms with van der Waals surface area (Å²) >= 11 is 5.66. The number of benzene rings is 3. The Kier molecular flexibility index (Phi) is 6.52. The molecule has 30 heavy (non-hydrogen) atoms. The lowest BCUT2D eigenvalue weighted by atomic mass is 9.97. The molecule has 3 aromatic rings. The van der Waals surface area contributed by atoms with Crippen molar-refractivity contribution in [2.45, 2.75) is 19.1 Å². The summed E-state index contributed by atoms with van der Waals surface area (Å²) in [6.45, 7) is 1.85. The molecule has 0 bridgehead atoms. The van der Waals surface area contributed by atoms with Crippen LogP contribution in [0.1, 0.15) is 33.2 Å². The highest BCUT2D eigenvalue weighted by molar-refractivity contribution is 7.80. The maximum atomic E-state index is 12.6. The minimum Gasteiger partial charge on any atom is -0.371 e. The van der Waals surface area contributed by atoms with E-state index in [1.807, 2.05) is 47.4 Å². The quantitative estimate of drug-likeness (QED) is 0.621. The third-order valence-electron chi connectivity index (χ3n) is 5.24. The monoisotopic (exact) mass is 416 g/mol. The number of hydrogen-bond donors (Lipinski definition) is 1. The van der Waals surface area contributed by atoms with Crippen molar-refractivity contribution in [2.24, 2.45) is 0 Å². The van der Waals surface area contributed by atoms with Gasteiger partial charge in [-0.05, 0) is 47.5 Å². The maximum absolute atomic E-state index is 12.6. The van der Waals surface area contributed by atoms with E-state index in [9.17, 15) is 4.79 Å². The van der Waals surface area contributed by atoms with E-state index in [4.69, 9.17) is 17.0 Å². The van der Waals surface area contributed by atoms with Crippen LogP contribution >= 0.6 is 12.2 Å². The Bertz CT molecular complexity index is 1010. The van der Waals surface area contributed by atoms with Gasteiger partial charge in [-0.1, -0.05) is 72.8 Å². The number of carbonyl (C=O) groups is 1. The van der Waals surface area contributed by atoms with E-state index >= 15 is 0 Å². The molecule has 1 unspecified atom stereocenters. The molecule has 1 aliphatic rings. The van der Waals surface area contributed by atoms with E-state index in [2.05, 4.69) is 35.6 Å². The number of ether oxygens (including phenoxy) is 1. The first-order valence-electron chi connectivity index (χ1n) is 10.1. The van der Waals surface area contributed by atoms with Crippen LogP contribution in [0.25, 0.3) is 0 Å². The number of nitrogens with zero attached hydrogens (tertiary/aromatic N) is 1. The van der Waals surface area contributed by atoms with Crippen LogP contribution in [0.5, 0.6) is 0 Å². The van der Waals surface area contributed by atoms with Crippen LogP contribution in [0.4, 0.5) is 0 Å². The molecule has 0 spiro atoms. The molecule has 152 valence electrons. The first-order chi connectivity index (χ1) is 14.7. The van der Waals surface area contributed by atoms with Crippen LogP contribution in [-0.2, 0) is 17.7 Å². The van der Waals surface area contributed by atoms with Gasteiger partial charge in [-0.25, -0.2) is 0 Å². The molecule has 1 amide bonds. The van der Waals surface area contributed by atoms with Crippen molar-refractivity contribution in [1.29, 1.82) is 0 Å². The van der Waals surface area contributed by atoms with E-state index < -0.39 is 0 Å². The predicted molar refractivity (Wildman–Crippen MR) is 122 cm³/mol. The van der Waals surface area contributed by atoms with Gasteiger partial charge in [0.1, 0.15) is 6.10 Å². The number of nitrogens with one attached hydrogen (secondary N) is 1. The molecule has 0 saturated heterocycles. The minimum atomic E-state index is -0.205. The highest BCUT2D eigenvalue weighted by Gasteiger charge is 2.25. The van der Waals surface area contributed by atoms with Gasteiger partial charge in [-0.15, -0.1) is 0 Å². The van der Waals surface area contributed by atoms with E-state index in [1.165, 1.54) is 11.1 Å². The highest BCUT2D eigenvalue weighted by Crippen LogP contribution is 2.28. The van der Waals surface area contributed by atoms with Crippen LogP contribution in [0.2, 0.25) is 0 Å². The average Bonchev–Trinajstić information content (AvgIpc) is 2.80. The number of carbonyl (C=O) groups excluding carboxylic acids is 1. The summed E-state index contributed by atoms with van der Waals surface area (Å²) in [5, 5.41) is 3.30. The van der Waals surface area contributed by atoms with Gasteiger partial charge in [0.2, 0.25) is 0 Å². The SMILES string of the molecule is O=C(NC(=S)N(Cc1ccccc1)CC1OCCc2ccccc21)c1ccccc1. The summed E-state index contributed by atoms with van der Waals surface area (Å²) in [5.74, 6) is -0.205. The van der Waals surface area contributed by atoms with Crippen LogP contribution in [0.15, 0.2) is 84.9 Å². The Morgan fingerprint density at radius 3 is 2.40 bits per heavy atom. The molecule has 1 aliphatic heterocycles. The normalized spacial score (nSPS) is 15.1. The smallest absolute Gasteiger partial charge is 0.257 e. The summed E-state index contributed by atoms with van der Waals surface area (Å²) < 4.78 is 6.10. The fourth-order valence-electron chi connectivity index (χ4n) is 3.69. The molecule has 4 nitrogen and oxygen atoms in total. The third-order valence-corrected chi connectivity index (χ3v) is 5.60.